The fraction of sp³-hybridized carbons (Fsp3) is 0.600. The molecule has 1 aromatic rings. The summed E-state index contributed by atoms with van der Waals surface area (Å²) in [6.45, 7) is 4.01. The molecule has 1 N–H and O–H groups in total. The molecule has 5 heteroatoms. The molecule has 0 aliphatic heterocycles. The standard InChI is InChI=1S/C20H29NO4/c1-5-15-10-12-20(13-11-15,19(23)25-4)21-18(22)14(2)16-6-8-17(24-3)9-7-16/h6-9,14-15H,5,10-13H2,1-4H3,(H,21,22). The van der Waals surface area contributed by atoms with Crippen molar-refractivity contribution < 1.29 is 19.1 Å². The lowest BCUT2D eigenvalue weighted by Crippen LogP contribution is -2.57. The molecular formula is C20H29NO4. The Balaban J connectivity index is 2.12. The van der Waals surface area contributed by atoms with Gasteiger partial charge in [0.1, 0.15) is 11.3 Å². The lowest BCUT2D eigenvalue weighted by atomic mass is 9.75. The Kier molecular flexibility index (Phi) is 6.45. The van der Waals surface area contributed by atoms with E-state index < -0.39 is 5.54 Å². The van der Waals surface area contributed by atoms with Crippen LogP contribution in [-0.4, -0.2) is 31.6 Å². The molecule has 1 saturated carbocycles. The van der Waals surface area contributed by atoms with Crippen LogP contribution >= 0.6 is 0 Å². The summed E-state index contributed by atoms with van der Waals surface area (Å²) < 4.78 is 10.2. The van der Waals surface area contributed by atoms with E-state index >= 15 is 0 Å². The van der Waals surface area contributed by atoms with E-state index in [0.717, 1.165) is 30.6 Å². The van der Waals surface area contributed by atoms with Crippen LogP contribution in [0.2, 0.25) is 0 Å². The van der Waals surface area contributed by atoms with Crippen molar-refractivity contribution in [1.82, 2.24) is 5.32 Å². The van der Waals surface area contributed by atoms with Crippen molar-refractivity contribution >= 4 is 11.9 Å². The Morgan fingerprint density at radius 1 is 1.20 bits per heavy atom. The molecule has 2 rings (SSSR count). The molecular weight excluding hydrogens is 318 g/mol. The topological polar surface area (TPSA) is 64.6 Å². The minimum atomic E-state index is -0.891. The Hall–Kier alpha value is -2.04. The van der Waals surface area contributed by atoms with Gasteiger partial charge in [-0.25, -0.2) is 4.79 Å². The number of esters is 1. The van der Waals surface area contributed by atoms with Gasteiger partial charge < -0.3 is 14.8 Å². The molecule has 138 valence electrons. The summed E-state index contributed by atoms with van der Waals surface area (Å²) in [5, 5.41) is 3.01. The predicted octanol–water partition coefficient (Wildman–Crippen LogP) is 3.43. The van der Waals surface area contributed by atoms with Crippen LogP contribution in [0.4, 0.5) is 0 Å². The van der Waals surface area contributed by atoms with Crippen molar-refractivity contribution in [2.75, 3.05) is 14.2 Å². The summed E-state index contributed by atoms with van der Waals surface area (Å²) in [6.07, 6.45) is 4.25. The van der Waals surface area contributed by atoms with Crippen LogP contribution in [0.15, 0.2) is 24.3 Å². The highest BCUT2D eigenvalue weighted by Crippen LogP contribution is 2.35. The molecule has 1 aliphatic carbocycles. The second-order valence-corrected chi connectivity index (χ2v) is 6.91. The van der Waals surface area contributed by atoms with Crippen molar-refractivity contribution in [3.05, 3.63) is 29.8 Å². The van der Waals surface area contributed by atoms with Crippen LogP contribution in [0, 0.1) is 5.92 Å². The molecule has 1 aromatic carbocycles. The zero-order valence-electron chi connectivity index (χ0n) is 15.6. The third-order valence-electron chi connectivity index (χ3n) is 5.48. The molecule has 0 heterocycles. The summed E-state index contributed by atoms with van der Waals surface area (Å²) in [7, 11) is 2.99. The van der Waals surface area contributed by atoms with E-state index in [-0.39, 0.29) is 17.8 Å². The van der Waals surface area contributed by atoms with Crippen molar-refractivity contribution in [3.63, 3.8) is 0 Å². The quantitative estimate of drug-likeness (QED) is 0.801. The van der Waals surface area contributed by atoms with E-state index in [1.54, 1.807) is 7.11 Å². The van der Waals surface area contributed by atoms with Gasteiger partial charge in [0.25, 0.3) is 0 Å². The van der Waals surface area contributed by atoms with Crippen LogP contribution in [0.3, 0.4) is 0 Å². The fourth-order valence-corrected chi connectivity index (χ4v) is 3.54. The van der Waals surface area contributed by atoms with Crippen LogP contribution in [0.25, 0.3) is 0 Å². The van der Waals surface area contributed by atoms with Crippen LogP contribution in [0.5, 0.6) is 5.75 Å². The first-order valence-electron chi connectivity index (χ1n) is 9.00. The highest BCUT2D eigenvalue weighted by Gasteiger charge is 2.44. The first kappa shape index (κ1) is 19.3. The number of rotatable bonds is 6. The van der Waals surface area contributed by atoms with Crippen molar-refractivity contribution in [3.8, 4) is 5.75 Å². The first-order valence-corrected chi connectivity index (χ1v) is 9.00. The molecule has 0 saturated heterocycles. The summed E-state index contributed by atoms with van der Waals surface area (Å²) in [5.41, 5.74) is -0.00123. The van der Waals surface area contributed by atoms with Gasteiger partial charge in [0, 0.05) is 0 Å². The number of carbonyl (C=O) groups excluding carboxylic acids is 2. The van der Waals surface area contributed by atoms with Gasteiger partial charge in [0.15, 0.2) is 0 Å². The SMILES string of the molecule is CCC1CCC(NC(=O)C(C)c2ccc(OC)cc2)(C(=O)OC)CC1. The third-order valence-corrected chi connectivity index (χ3v) is 5.48. The van der Waals surface area contributed by atoms with Gasteiger partial charge in [0.2, 0.25) is 5.91 Å². The second-order valence-electron chi connectivity index (χ2n) is 6.91. The Morgan fingerprint density at radius 3 is 2.28 bits per heavy atom. The number of amides is 1. The Labute approximate surface area is 150 Å². The number of hydrogen-bond acceptors (Lipinski definition) is 4. The second kappa shape index (κ2) is 8.37. The van der Waals surface area contributed by atoms with Gasteiger partial charge in [-0.3, -0.25) is 4.79 Å². The van der Waals surface area contributed by atoms with Gasteiger partial charge in [-0.1, -0.05) is 25.5 Å². The maximum atomic E-state index is 12.8. The van der Waals surface area contributed by atoms with E-state index in [4.69, 9.17) is 9.47 Å². The molecule has 0 spiro atoms. The molecule has 1 aliphatic rings. The number of methoxy groups -OCH3 is 2. The van der Waals surface area contributed by atoms with E-state index in [1.165, 1.54) is 7.11 Å². The van der Waals surface area contributed by atoms with Crippen molar-refractivity contribution in [2.24, 2.45) is 5.92 Å². The zero-order valence-corrected chi connectivity index (χ0v) is 15.6. The van der Waals surface area contributed by atoms with Crippen molar-refractivity contribution in [1.29, 1.82) is 0 Å². The molecule has 0 aromatic heterocycles. The monoisotopic (exact) mass is 347 g/mol. The molecule has 1 unspecified atom stereocenters. The predicted molar refractivity (Wildman–Crippen MR) is 96.5 cm³/mol. The summed E-state index contributed by atoms with van der Waals surface area (Å²) in [4.78, 5) is 25.2. The van der Waals surface area contributed by atoms with Crippen LogP contribution in [-0.2, 0) is 14.3 Å². The number of nitrogens with one attached hydrogen (secondary N) is 1. The molecule has 1 amide bonds. The summed E-state index contributed by atoms with van der Waals surface area (Å²) >= 11 is 0. The van der Waals surface area contributed by atoms with Gasteiger partial charge >= 0.3 is 5.97 Å². The average Bonchev–Trinajstić information content (AvgIpc) is 2.67. The van der Waals surface area contributed by atoms with Crippen LogP contribution < -0.4 is 10.1 Å². The number of carbonyl (C=O) groups is 2. The number of hydrogen-bond donors (Lipinski definition) is 1. The lowest BCUT2D eigenvalue weighted by molar-refractivity contribution is -0.153. The van der Waals surface area contributed by atoms with Gasteiger partial charge in [-0.05, 0) is 56.2 Å². The van der Waals surface area contributed by atoms with Crippen LogP contribution in [0.1, 0.15) is 57.4 Å². The molecule has 1 atom stereocenters. The maximum absolute atomic E-state index is 12.8. The first-order chi connectivity index (χ1) is 12.0. The fourth-order valence-electron chi connectivity index (χ4n) is 3.54. The molecule has 0 radical (unpaired) electrons. The van der Waals surface area contributed by atoms with E-state index in [1.807, 2.05) is 31.2 Å². The smallest absolute Gasteiger partial charge is 0.331 e. The Bertz CT molecular complexity index is 588. The molecule has 5 nitrogen and oxygen atoms in total. The molecule has 25 heavy (non-hydrogen) atoms. The van der Waals surface area contributed by atoms with E-state index in [0.29, 0.717) is 18.8 Å². The Morgan fingerprint density at radius 2 is 1.80 bits per heavy atom. The van der Waals surface area contributed by atoms with E-state index in [2.05, 4.69) is 12.2 Å². The minimum absolute atomic E-state index is 0.148. The summed E-state index contributed by atoms with van der Waals surface area (Å²) in [5.74, 6) is 0.535. The number of benzene rings is 1. The largest absolute Gasteiger partial charge is 0.497 e. The third kappa shape index (κ3) is 4.33. The van der Waals surface area contributed by atoms with Gasteiger partial charge in [0.05, 0.1) is 20.1 Å². The highest BCUT2D eigenvalue weighted by molar-refractivity contribution is 5.91. The van der Waals surface area contributed by atoms with Gasteiger partial charge in [-0.15, -0.1) is 0 Å². The maximum Gasteiger partial charge on any atom is 0.331 e. The van der Waals surface area contributed by atoms with Gasteiger partial charge in [-0.2, -0.15) is 0 Å². The summed E-state index contributed by atoms with van der Waals surface area (Å²) in [6, 6.07) is 7.42. The number of ether oxygens (including phenoxy) is 2. The zero-order chi connectivity index (χ0) is 18.4. The average molecular weight is 347 g/mol. The highest BCUT2D eigenvalue weighted by atomic mass is 16.5. The van der Waals surface area contributed by atoms with E-state index in [9.17, 15) is 9.59 Å². The normalized spacial score (nSPS) is 24.2. The minimum Gasteiger partial charge on any atom is -0.497 e. The lowest BCUT2D eigenvalue weighted by Gasteiger charge is -2.38. The molecule has 0 bridgehead atoms. The molecule has 1 fully saturated rings. The van der Waals surface area contributed by atoms with Crippen molar-refractivity contribution in [2.45, 2.75) is 57.4 Å².